The van der Waals surface area contributed by atoms with Gasteiger partial charge in [0.1, 0.15) is 5.41 Å². The molecule has 2 rings (SSSR count). The molecule has 0 aromatic heterocycles. The maximum absolute atomic E-state index is 11.5. The summed E-state index contributed by atoms with van der Waals surface area (Å²) < 4.78 is 45.7. The fourth-order valence-electron chi connectivity index (χ4n) is 2.62. The van der Waals surface area contributed by atoms with Gasteiger partial charge in [0.15, 0.2) is 19.7 Å². The van der Waals surface area contributed by atoms with Crippen molar-refractivity contribution in [1.29, 1.82) is 5.26 Å². The molecule has 2 fully saturated rings. The van der Waals surface area contributed by atoms with Crippen molar-refractivity contribution in [1.82, 2.24) is 0 Å². The maximum atomic E-state index is 11.5. The Hall–Kier alpha value is -0.650. The summed E-state index contributed by atoms with van der Waals surface area (Å²) in [4.78, 5) is 0. The highest BCUT2D eigenvalue weighted by Crippen LogP contribution is 2.46. The third-order valence-corrected chi connectivity index (χ3v) is 7.20. The first kappa shape index (κ1) is 12.8. The van der Waals surface area contributed by atoms with E-state index in [9.17, 15) is 27.2 Å². The Balaban J connectivity index is 2.43. The van der Waals surface area contributed by atoms with Crippen LogP contribution in [0.3, 0.4) is 0 Å². The summed E-state index contributed by atoms with van der Waals surface area (Å²) in [6.45, 7) is 0. The van der Waals surface area contributed by atoms with E-state index in [1.807, 2.05) is 6.07 Å². The standard InChI is InChI=1S/C9H13NO5S2/c10-5-8(1-3-16(12,13)6-8)9(11)2-4-17(14,15)7-9/h11H,1-4,6-7H2. The lowest BCUT2D eigenvalue weighted by Gasteiger charge is -2.34. The third kappa shape index (κ3) is 1.96. The first-order valence-electron chi connectivity index (χ1n) is 5.18. The molecule has 2 saturated heterocycles. The van der Waals surface area contributed by atoms with E-state index in [0.29, 0.717) is 0 Å². The summed E-state index contributed by atoms with van der Waals surface area (Å²) in [5.41, 5.74) is -3.18. The fourth-order valence-corrected chi connectivity index (χ4v) is 6.59. The van der Waals surface area contributed by atoms with E-state index in [4.69, 9.17) is 0 Å². The molecule has 0 bridgehead atoms. The molecule has 0 amide bonds. The Labute approximate surface area is 100 Å². The van der Waals surface area contributed by atoms with E-state index >= 15 is 0 Å². The second-order valence-corrected chi connectivity index (χ2v) is 9.28. The molecule has 2 aliphatic heterocycles. The smallest absolute Gasteiger partial charge is 0.153 e. The van der Waals surface area contributed by atoms with Crippen molar-refractivity contribution in [2.75, 3.05) is 23.0 Å². The lowest BCUT2D eigenvalue weighted by atomic mass is 9.72. The van der Waals surface area contributed by atoms with Gasteiger partial charge in [0.25, 0.3) is 0 Å². The van der Waals surface area contributed by atoms with Gasteiger partial charge in [-0.1, -0.05) is 0 Å². The predicted molar refractivity (Wildman–Crippen MR) is 59.5 cm³/mol. The number of hydrogen-bond acceptors (Lipinski definition) is 6. The zero-order chi connectivity index (χ0) is 12.9. The summed E-state index contributed by atoms with van der Waals surface area (Å²) >= 11 is 0. The van der Waals surface area contributed by atoms with Crippen molar-refractivity contribution in [2.24, 2.45) is 5.41 Å². The molecule has 2 aliphatic rings. The van der Waals surface area contributed by atoms with Gasteiger partial charge in [-0.05, 0) is 12.8 Å². The largest absolute Gasteiger partial charge is 0.387 e. The number of nitriles is 1. The topological polar surface area (TPSA) is 112 Å². The van der Waals surface area contributed by atoms with Gasteiger partial charge in [-0.2, -0.15) is 5.26 Å². The zero-order valence-electron chi connectivity index (χ0n) is 9.09. The van der Waals surface area contributed by atoms with E-state index in [1.54, 1.807) is 0 Å². The molecule has 1 N–H and O–H groups in total. The highest BCUT2D eigenvalue weighted by Gasteiger charge is 2.60. The van der Waals surface area contributed by atoms with Gasteiger partial charge < -0.3 is 5.11 Å². The van der Waals surface area contributed by atoms with Crippen LogP contribution in [0.4, 0.5) is 0 Å². The van der Waals surface area contributed by atoms with Gasteiger partial charge in [0.2, 0.25) is 0 Å². The minimum absolute atomic E-state index is 0.0118. The molecule has 0 radical (unpaired) electrons. The summed E-state index contributed by atoms with van der Waals surface area (Å²) in [6, 6.07) is 1.86. The second-order valence-electron chi connectivity index (χ2n) is 4.91. The predicted octanol–water partition coefficient (Wildman–Crippen LogP) is -1.14. The molecule has 17 heavy (non-hydrogen) atoms. The molecule has 8 heteroatoms. The van der Waals surface area contributed by atoms with Crippen molar-refractivity contribution in [3.8, 4) is 6.07 Å². The van der Waals surface area contributed by atoms with E-state index < -0.39 is 42.2 Å². The molecule has 6 nitrogen and oxygen atoms in total. The van der Waals surface area contributed by atoms with Crippen LogP contribution in [0.15, 0.2) is 0 Å². The monoisotopic (exact) mass is 279 g/mol. The van der Waals surface area contributed by atoms with Gasteiger partial charge in [0, 0.05) is 0 Å². The van der Waals surface area contributed by atoms with Crippen LogP contribution in [0.1, 0.15) is 12.8 Å². The van der Waals surface area contributed by atoms with Crippen LogP contribution in [-0.4, -0.2) is 50.6 Å². The summed E-state index contributed by atoms with van der Waals surface area (Å²) in [5, 5.41) is 19.5. The van der Waals surface area contributed by atoms with E-state index in [2.05, 4.69) is 0 Å². The summed E-state index contributed by atoms with van der Waals surface area (Å²) in [6.07, 6.45) is -0.0454. The first-order chi connectivity index (χ1) is 7.64. The van der Waals surface area contributed by atoms with Crippen LogP contribution >= 0.6 is 0 Å². The molecular formula is C9H13NO5S2. The number of aliphatic hydroxyl groups is 1. The van der Waals surface area contributed by atoms with E-state index in [-0.39, 0.29) is 24.3 Å². The Morgan fingerprint density at radius 1 is 1.00 bits per heavy atom. The van der Waals surface area contributed by atoms with Crippen LogP contribution in [-0.2, 0) is 19.7 Å². The number of hydrogen-bond donors (Lipinski definition) is 1. The van der Waals surface area contributed by atoms with Crippen molar-refractivity contribution >= 4 is 19.7 Å². The highest BCUT2D eigenvalue weighted by atomic mass is 32.2. The first-order valence-corrected chi connectivity index (χ1v) is 8.83. The normalized spacial score (nSPS) is 43.3. The molecule has 2 atom stereocenters. The minimum Gasteiger partial charge on any atom is -0.387 e. The quantitative estimate of drug-likeness (QED) is 0.649. The molecule has 0 aromatic carbocycles. The highest BCUT2D eigenvalue weighted by molar-refractivity contribution is 7.92. The van der Waals surface area contributed by atoms with Gasteiger partial charge in [-0.25, -0.2) is 16.8 Å². The van der Waals surface area contributed by atoms with Crippen molar-refractivity contribution in [3.63, 3.8) is 0 Å². The van der Waals surface area contributed by atoms with E-state index in [0.717, 1.165) is 0 Å². The average Bonchev–Trinajstić information content (AvgIpc) is 2.66. The van der Waals surface area contributed by atoms with Crippen molar-refractivity contribution < 1.29 is 21.9 Å². The Morgan fingerprint density at radius 2 is 1.53 bits per heavy atom. The van der Waals surface area contributed by atoms with E-state index in [1.165, 1.54) is 0 Å². The lowest BCUT2D eigenvalue weighted by molar-refractivity contribution is -0.0196. The zero-order valence-corrected chi connectivity index (χ0v) is 10.7. The molecule has 0 aromatic rings. The molecule has 96 valence electrons. The maximum Gasteiger partial charge on any atom is 0.153 e. The molecule has 0 aliphatic carbocycles. The van der Waals surface area contributed by atoms with Crippen molar-refractivity contribution in [3.05, 3.63) is 0 Å². The van der Waals surface area contributed by atoms with Crippen LogP contribution in [0.5, 0.6) is 0 Å². The molecule has 2 unspecified atom stereocenters. The lowest BCUT2D eigenvalue weighted by Crippen LogP contribution is -2.49. The number of rotatable bonds is 1. The number of nitrogens with zero attached hydrogens (tertiary/aromatic N) is 1. The molecule has 0 spiro atoms. The Kier molecular flexibility index (Phi) is 2.58. The Bertz CT molecular complexity index is 587. The van der Waals surface area contributed by atoms with Gasteiger partial charge in [0.05, 0.1) is 34.7 Å². The molecule has 0 saturated carbocycles. The van der Waals surface area contributed by atoms with Gasteiger partial charge >= 0.3 is 0 Å². The van der Waals surface area contributed by atoms with Gasteiger partial charge in [-0.3, -0.25) is 0 Å². The minimum atomic E-state index is -3.37. The number of sulfone groups is 2. The summed E-state index contributed by atoms with van der Waals surface area (Å²) in [5.74, 6) is -1.30. The second kappa shape index (κ2) is 3.43. The van der Waals surface area contributed by atoms with Crippen molar-refractivity contribution in [2.45, 2.75) is 18.4 Å². The summed E-state index contributed by atoms with van der Waals surface area (Å²) in [7, 11) is -6.73. The molecular weight excluding hydrogens is 266 g/mol. The van der Waals surface area contributed by atoms with Crippen LogP contribution in [0, 0.1) is 16.7 Å². The van der Waals surface area contributed by atoms with Crippen LogP contribution in [0.25, 0.3) is 0 Å². The molecule has 2 heterocycles. The van der Waals surface area contributed by atoms with Crippen LogP contribution in [0.2, 0.25) is 0 Å². The average molecular weight is 279 g/mol. The Morgan fingerprint density at radius 3 is 1.88 bits per heavy atom. The van der Waals surface area contributed by atoms with Crippen LogP contribution < -0.4 is 0 Å². The SMILES string of the molecule is N#CC1(C2(O)CCS(=O)(=O)C2)CCS(=O)(=O)C1. The fraction of sp³-hybridized carbons (Fsp3) is 0.889. The third-order valence-electron chi connectivity index (χ3n) is 3.70. The van der Waals surface area contributed by atoms with Gasteiger partial charge in [-0.15, -0.1) is 0 Å².